The van der Waals surface area contributed by atoms with E-state index in [1.807, 2.05) is 13.0 Å². The maximum Gasteiger partial charge on any atom is 0.307 e. The van der Waals surface area contributed by atoms with E-state index in [0.717, 1.165) is 5.56 Å². The molecule has 1 aromatic carbocycles. The van der Waals surface area contributed by atoms with Crippen molar-refractivity contribution in [3.63, 3.8) is 0 Å². The molecule has 1 amide bonds. The molecule has 1 aliphatic rings. The number of amides is 1. The van der Waals surface area contributed by atoms with Crippen molar-refractivity contribution in [2.75, 3.05) is 25.6 Å². The number of benzene rings is 1. The SMILES string of the molecule is COCCOc1ccc(NC(=O)C2CCC2C(=O)O)c(C)c1. The molecule has 0 heterocycles. The first kappa shape index (κ1) is 16.3. The number of carboxylic acid groups (broad SMARTS) is 1. The normalized spacial score (nSPS) is 20.1. The summed E-state index contributed by atoms with van der Waals surface area (Å²) in [7, 11) is 1.61. The first-order valence-corrected chi connectivity index (χ1v) is 7.29. The minimum Gasteiger partial charge on any atom is -0.491 e. The molecule has 0 spiro atoms. The molecule has 1 aromatic rings. The van der Waals surface area contributed by atoms with E-state index < -0.39 is 17.8 Å². The largest absolute Gasteiger partial charge is 0.491 e. The lowest BCUT2D eigenvalue weighted by Gasteiger charge is -2.32. The molecule has 2 rings (SSSR count). The first-order chi connectivity index (χ1) is 10.5. The number of hydrogen-bond acceptors (Lipinski definition) is 4. The number of hydrogen-bond donors (Lipinski definition) is 2. The van der Waals surface area contributed by atoms with Crippen molar-refractivity contribution < 1.29 is 24.2 Å². The molecule has 0 saturated heterocycles. The Kier molecular flexibility index (Phi) is 5.38. The Morgan fingerprint density at radius 3 is 2.55 bits per heavy atom. The Morgan fingerprint density at radius 2 is 2.00 bits per heavy atom. The van der Waals surface area contributed by atoms with Crippen LogP contribution in [-0.4, -0.2) is 37.3 Å². The van der Waals surface area contributed by atoms with Gasteiger partial charge >= 0.3 is 5.97 Å². The predicted octanol–water partition coefficient (Wildman–Crippen LogP) is 2.07. The summed E-state index contributed by atoms with van der Waals surface area (Å²) in [6, 6.07) is 5.37. The monoisotopic (exact) mass is 307 g/mol. The number of carboxylic acids is 1. The molecule has 6 nitrogen and oxygen atoms in total. The summed E-state index contributed by atoms with van der Waals surface area (Å²) < 4.78 is 10.4. The number of carbonyl (C=O) groups is 2. The zero-order valence-corrected chi connectivity index (χ0v) is 12.8. The molecule has 1 fully saturated rings. The predicted molar refractivity (Wildman–Crippen MR) is 81.0 cm³/mol. The van der Waals surface area contributed by atoms with Gasteiger partial charge in [-0.05, 0) is 43.5 Å². The number of aryl methyl sites for hydroxylation is 1. The van der Waals surface area contributed by atoms with E-state index in [9.17, 15) is 9.59 Å². The van der Waals surface area contributed by atoms with Gasteiger partial charge in [0.05, 0.1) is 18.4 Å². The smallest absolute Gasteiger partial charge is 0.307 e. The van der Waals surface area contributed by atoms with Crippen LogP contribution in [0.15, 0.2) is 18.2 Å². The van der Waals surface area contributed by atoms with Gasteiger partial charge in [-0.2, -0.15) is 0 Å². The molecule has 0 aliphatic heterocycles. The average Bonchev–Trinajstić information content (AvgIpc) is 2.40. The van der Waals surface area contributed by atoms with E-state index in [1.165, 1.54) is 0 Å². The Bertz CT molecular complexity index is 557. The van der Waals surface area contributed by atoms with Crippen molar-refractivity contribution in [1.29, 1.82) is 0 Å². The van der Waals surface area contributed by atoms with Gasteiger partial charge in [-0.25, -0.2) is 0 Å². The van der Waals surface area contributed by atoms with Crippen LogP contribution in [0.2, 0.25) is 0 Å². The van der Waals surface area contributed by atoms with Crippen LogP contribution in [0.5, 0.6) is 5.75 Å². The summed E-state index contributed by atoms with van der Waals surface area (Å²) in [4.78, 5) is 23.1. The van der Waals surface area contributed by atoms with E-state index in [4.69, 9.17) is 14.6 Å². The molecule has 6 heteroatoms. The zero-order valence-electron chi connectivity index (χ0n) is 12.8. The van der Waals surface area contributed by atoms with Crippen LogP contribution in [0.1, 0.15) is 18.4 Å². The van der Waals surface area contributed by atoms with Crippen LogP contribution in [0.25, 0.3) is 0 Å². The number of carbonyl (C=O) groups excluding carboxylic acids is 1. The highest BCUT2D eigenvalue weighted by Gasteiger charge is 2.41. The Morgan fingerprint density at radius 1 is 1.27 bits per heavy atom. The molecule has 1 aliphatic carbocycles. The number of anilines is 1. The van der Waals surface area contributed by atoms with Crippen molar-refractivity contribution in [1.82, 2.24) is 0 Å². The Hall–Kier alpha value is -2.08. The van der Waals surface area contributed by atoms with Crippen molar-refractivity contribution >= 4 is 17.6 Å². The summed E-state index contributed by atoms with van der Waals surface area (Å²) in [5, 5.41) is 11.8. The molecule has 120 valence electrons. The van der Waals surface area contributed by atoms with Gasteiger partial charge < -0.3 is 19.9 Å². The maximum absolute atomic E-state index is 12.1. The molecule has 1 saturated carbocycles. The highest BCUT2D eigenvalue weighted by atomic mass is 16.5. The van der Waals surface area contributed by atoms with Gasteiger partial charge in [0.1, 0.15) is 12.4 Å². The molecule has 0 radical (unpaired) electrons. The van der Waals surface area contributed by atoms with Gasteiger partial charge in [-0.3, -0.25) is 9.59 Å². The van der Waals surface area contributed by atoms with Gasteiger partial charge in [0, 0.05) is 12.8 Å². The number of nitrogens with one attached hydrogen (secondary N) is 1. The lowest BCUT2D eigenvalue weighted by Crippen LogP contribution is -2.41. The quantitative estimate of drug-likeness (QED) is 0.753. The molecule has 0 aromatic heterocycles. The summed E-state index contributed by atoms with van der Waals surface area (Å²) in [5.41, 5.74) is 1.55. The van der Waals surface area contributed by atoms with E-state index in [1.54, 1.807) is 19.2 Å². The van der Waals surface area contributed by atoms with Gasteiger partial charge in [-0.1, -0.05) is 0 Å². The molecule has 2 unspecified atom stereocenters. The second-order valence-electron chi connectivity index (χ2n) is 5.44. The fraction of sp³-hybridized carbons (Fsp3) is 0.500. The fourth-order valence-electron chi connectivity index (χ4n) is 2.44. The van der Waals surface area contributed by atoms with E-state index in [0.29, 0.717) is 37.5 Å². The number of ether oxygens (including phenoxy) is 2. The zero-order chi connectivity index (χ0) is 16.1. The summed E-state index contributed by atoms with van der Waals surface area (Å²) >= 11 is 0. The molecular weight excluding hydrogens is 286 g/mol. The minimum atomic E-state index is -0.898. The standard InChI is InChI=1S/C16H21NO5/c1-10-9-11(22-8-7-21-2)3-6-14(10)17-15(18)12-4-5-13(12)16(19)20/h3,6,9,12-13H,4-5,7-8H2,1-2H3,(H,17,18)(H,19,20). The van der Waals surface area contributed by atoms with E-state index in [-0.39, 0.29) is 5.91 Å². The third kappa shape index (κ3) is 3.76. The second kappa shape index (κ2) is 7.26. The summed E-state index contributed by atoms with van der Waals surface area (Å²) in [5.74, 6) is -1.41. The lowest BCUT2D eigenvalue weighted by molar-refractivity contribution is -0.151. The van der Waals surface area contributed by atoms with E-state index >= 15 is 0 Å². The van der Waals surface area contributed by atoms with Crippen molar-refractivity contribution in [2.45, 2.75) is 19.8 Å². The highest BCUT2D eigenvalue weighted by Crippen LogP contribution is 2.35. The van der Waals surface area contributed by atoms with Crippen LogP contribution in [0, 0.1) is 18.8 Å². The lowest BCUT2D eigenvalue weighted by atomic mass is 9.73. The minimum absolute atomic E-state index is 0.227. The summed E-state index contributed by atoms with van der Waals surface area (Å²) in [6.07, 6.45) is 1.19. The first-order valence-electron chi connectivity index (χ1n) is 7.29. The molecule has 0 bridgehead atoms. The van der Waals surface area contributed by atoms with Gasteiger partial charge in [0.15, 0.2) is 0 Å². The third-order valence-electron chi connectivity index (χ3n) is 3.94. The second-order valence-corrected chi connectivity index (χ2v) is 5.44. The highest BCUT2D eigenvalue weighted by molar-refractivity contribution is 5.96. The van der Waals surface area contributed by atoms with Gasteiger partial charge in [-0.15, -0.1) is 0 Å². The number of methoxy groups -OCH3 is 1. The van der Waals surface area contributed by atoms with Crippen molar-refractivity contribution in [2.24, 2.45) is 11.8 Å². The molecule has 22 heavy (non-hydrogen) atoms. The van der Waals surface area contributed by atoms with Gasteiger partial charge in [0.25, 0.3) is 0 Å². The molecule has 2 N–H and O–H groups in total. The number of rotatable bonds is 7. The van der Waals surface area contributed by atoms with Gasteiger partial charge in [0.2, 0.25) is 5.91 Å². The van der Waals surface area contributed by atoms with Crippen molar-refractivity contribution in [3.8, 4) is 5.75 Å². The van der Waals surface area contributed by atoms with Crippen LogP contribution < -0.4 is 10.1 Å². The number of aliphatic carboxylic acids is 1. The maximum atomic E-state index is 12.1. The fourth-order valence-corrected chi connectivity index (χ4v) is 2.44. The van der Waals surface area contributed by atoms with Crippen LogP contribution >= 0.6 is 0 Å². The summed E-state index contributed by atoms with van der Waals surface area (Å²) in [6.45, 7) is 2.84. The Labute approximate surface area is 129 Å². The third-order valence-corrected chi connectivity index (χ3v) is 3.94. The van der Waals surface area contributed by atoms with Crippen LogP contribution in [0.4, 0.5) is 5.69 Å². The topological polar surface area (TPSA) is 84.9 Å². The molecular formula is C16H21NO5. The molecule has 2 atom stereocenters. The van der Waals surface area contributed by atoms with Crippen LogP contribution in [0.3, 0.4) is 0 Å². The Balaban J connectivity index is 1.95. The van der Waals surface area contributed by atoms with Crippen molar-refractivity contribution in [3.05, 3.63) is 23.8 Å². The van der Waals surface area contributed by atoms with E-state index in [2.05, 4.69) is 5.32 Å². The average molecular weight is 307 g/mol. The van der Waals surface area contributed by atoms with Crippen LogP contribution in [-0.2, 0) is 14.3 Å².